The van der Waals surface area contributed by atoms with Gasteiger partial charge in [0.25, 0.3) is 0 Å². The smallest absolute Gasteiger partial charge is 0.407 e. The quantitative estimate of drug-likeness (QED) is 0.161. The van der Waals surface area contributed by atoms with Crippen LogP contribution in [0.4, 0.5) is 4.79 Å². The molecule has 2 fully saturated rings. The van der Waals surface area contributed by atoms with Crippen LogP contribution in [0.3, 0.4) is 0 Å². The number of hydrogen-bond donors (Lipinski definition) is 4. The van der Waals surface area contributed by atoms with Crippen molar-refractivity contribution in [3.05, 3.63) is 78.8 Å². The molecule has 0 aliphatic carbocycles. The first-order valence-corrected chi connectivity index (χ1v) is 16.4. The van der Waals surface area contributed by atoms with Gasteiger partial charge < -0.3 is 30.2 Å². The fraction of sp³-hybridized carbons (Fsp3) is 0.361. The Hall–Kier alpha value is -5.03. The molecule has 0 spiro atoms. The maximum absolute atomic E-state index is 13.5. The maximum Gasteiger partial charge on any atom is 0.407 e. The predicted octanol–water partition coefficient (Wildman–Crippen LogP) is 6.15. The SMILES string of the molecule is COC(=O)NC(C(=O)N1CCCC1c1ncc(-c2ccc(-c3cnc4cc(-c5cnc(C6CCCN6)[nH]5)ccc4c3)cc2)[nH]1)C(C)C. The van der Waals surface area contributed by atoms with Crippen LogP contribution in [0.5, 0.6) is 0 Å². The molecular weight excluding hydrogens is 592 g/mol. The van der Waals surface area contributed by atoms with Crippen LogP contribution in [0.2, 0.25) is 0 Å². The summed E-state index contributed by atoms with van der Waals surface area (Å²) in [6.07, 6.45) is 9.00. The average molecular weight is 633 g/mol. The number of nitrogens with zero attached hydrogens (tertiary/aromatic N) is 4. The summed E-state index contributed by atoms with van der Waals surface area (Å²) in [5.41, 5.74) is 7.00. The van der Waals surface area contributed by atoms with Crippen molar-refractivity contribution in [1.29, 1.82) is 0 Å². The number of likely N-dealkylation sites (tertiary alicyclic amines) is 1. The summed E-state index contributed by atoms with van der Waals surface area (Å²) in [5, 5.41) is 7.27. The lowest BCUT2D eigenvalue weighted by Gasteiger charge is -2.30. The molecule has 2 amide bonds. The standard InChI is InChI=1S/C36H40N8O3/c1-21(2)32(43-36(46)47-3)35(45)44-15-5-7-31(44)34-40-19-29(42-34)23-10-8-22(9-11-23)26-16-24-12-13-25(17-28(24)38-18-26)30-20-39-33(41-30)27-6-4-14-37-27/h8-13,16-21,27,31-32,37H,4-7,14-15H2,1-3H3,(H,39,41)(H,40,42)(H,43,46). The first kappa shape index (κ1) is 30.6. The molecule has 242 valence electrons. The van der Waals surface area contributed by atoms with Crippen molar-refractivity contribution in [3.63, 3.8) is 0 Å². The van der Waals surface area contributed by atoms with Crippen LogP contribution in [0.15, 0.2) is 67.1 Å². The number of imidazole rings is 2. The molecule has 2 aliphatic heterocycles. The van der Waals surface area contributed by atoms with Crippen LogP contribution < -0.4 is 10.6 Å². The Morgan fingerprint density at radius 2 is 1.57 bits per heavy atom. The lowest BCUT2D eigenvalue weighted by atomic mass is 10.0. The molecule has 2 aliphatic rings. The van der Waals surface area contributed by atoms with Crippen molar-refractivity contribution in [3.8, 4) is 33.6 Å². The van der Waals surface area contributed by atoms with Gasteiger partial charge in [0.1, 0.15) is 17.7 Å². The van der Waals surface area contributed by atoms with Gasteiger partial charge in [-0.05, 0) is 61.4 Å². The Kier molecular flexibility index (Phi) is 8.46. The highest BCUT2D eigenvalue weighted by molar-refractivity contribution is 5.88. The third kappa shape index (κ3) is 6.23. The summed E-state index contributed by atoms with van der Waals surface area (Å²) >= 11 is 0. The number of fused-ring (bicyclic) bond motifs is 1. The number of alkyl carbamates (subject to hydrolysis) is 1. The van der Waals surface area contributed by atoms with Gasteiger partial charge in [0.2, 0.25) is 5.91 Å². The Morgan fingerprint density at radius 3 is 2.32 bits per heavy atom. The number of methoxy groups -OCH3 is 1. The highest BCUT2D eigenvalue weighted by atomic mass is 16.5. The van der Waals surface area contributed by atoms with Crippen LogP contribution in [-0.2, 0) is 9.53 Å². The second-order valence-corrected chi connectivity index (χ2v) is 12.8. The van der Waals surface area contributed by atoms with Crippen LogP contribution in [0.1, 0.15) is 63.3 Å². The third-order valence-electron chi connectivity index (χ3n) is 9.35. The van der Waals surface area contributed by atoms with Crippen molar-refractivity contribution >= 4 is 22.9 Å². The number of rotatable bonds is 8. The number of pyridine rings is 1. The molecule has 7 rings (SSSR count). The monoisotopic (exact) mass is 632 g/mol. The Morgan fingerprint density at radius 1 is 0.851 bits per heavy atom. The van der Waals surface area contributed by atoms with Gasteiger partial charge in [0, 0.05) is 29.3 Å². The highest BCUT2D eigenvalue weighted by Gasteiger charge is 2.37. The summed E-state index contributed by atoms with van der Waals surface area (Å²) in [6, 6.07) is 16.3. The fourth-order valence-corrected chi connectivity index (χ4v) is 6.71. The number of amides is 2. The number of hydrogen-bond acceptors (Lipinski definition) is 7. The number of carbonyl (C=O) groups excluding carboxylic acids is 2. The molecule has 4 N–H and O–H groups in total. The summed E-state index contributed by atoms with van der Waals surface area (Å²) in [6.45, 7) is 5.48. The largest absolute Gasteiger partial charge is 0.453 e. The molecular formula is C36H40N8O3. The van der Waals surface area contributed by atoms with Gasteiger partial charge in [-0.25, -0.2) is 14.8 Å². The third-order valence-corrected chi connectivity index (χ3v) is 9.35. The van der Waals surface area contributed by atoms with E-state index in [1.807, 2.05) is 37.3 Å². The van der Waals surface area contributed by atoms with E-state index in [4.69, 9.17) is 9.72 Å². The van der Waals surface area contributed by atoms with Gasteiger partial charge in [-0.2, -0.15) is 0 Å². The molecule has 11 heteroatoms. The first-order valence-electron chi connectivity index (χ1n) is 16.4. The molecule has 0 radical (unpaired) electrons. The van der Waals surface area contributed by atoms with E-state index in [0.29, 0.717) is 12.6 Å². The minimum Gasteiger partial charge on any atom is -0.453 e. The van der Waals surface area contributed by atoms with E-state index < -0.39 is 12.1 Å². The Labute approximate surface area is 273 Å². The number of nitrogens with one attached hydrogen (secondary N) is 4. The molecule has 5 heterocycles. The minimum absolute atomic E-state index is 0.0850. The maximum atomic E-state index is 13.5. The van der Waals surface area contributed by atoms with Gasteiger partial charge in [-0.3, -0.25) is 9.78 Å². The molecule has 3 unspecified atom stereocenters. The molecule has 3 aromatic heterocycles. The van der Waals surface area contributed by atoms with Crippen LogP contribution in [-0.4, -0.2) is 68.1 Å². The van der Waals surface area contributed by atoms with Gasteiger partial charge in [0.15, 0.2) is 0 Å². The van der Waals surface area contributed by atoms with Crippen molar-refractivity contribution in [2.75, 3.05) is 20.2 Å². The highest BCUT2D eigenvalue weighted by Crippen LogP contribution is 2.34. The zero-order valence-electron chi connectivity index (χ0n) is 26.9. The van der Waals surface area contributed by atoms with E-state index in [2.05, 4.69) is 79.1 Å². The zero-order valence-corrected chi connectivity index (χ0v) is 26.9. The first-order chi connectivity index (χ1) is 22.9. The van der Waals surface area contributed by atoms with Crippen molar-refractivity contribution in [2.24, 2.45) is 5.92 Å². The molecule has 11 nitrogen and oxygen atoms in total. The van der Waals surface area contributed by atoms with E-state index in [9.17, 15) is 9.59 Å². The molecule has 3 atom stereocenters. The van der Waals surface area contributed by atoms with Gasteiger partial charge in [0.05, 0.1) is 48.5 Å². The van der Waals surface area contributed by atoms with E-state index in [1.165, 1.54) is 13.5 Å². The normalized spacial score (nSPS) is 18.6. The molecule has 2 saturated heterocycles. The molecule has 5 aromatic rings. The number of ether oxygens (including phenoxy) is 1. The van der Waals surface area contributed by atoms with E-state index >= 15 is 0 Å². The van der Waals surface area contributed by atoms with Gasteiger partial charge in [-0.1, -0.05) is 50.2 Å². The number of aromatic nitrogens is 5. The second kappa shape index (κ2) is 13.0. The number of H-pyrrole nitrogens is 2. The van der Waals surface area contributed by atoms with E-state index in [-0.39, 0.29) is 17.9 Å². The van der Waals surface area contributed by atoms with Crippen molar-refractivity contribution in [2.45, 2.75) is 57.7 Å². The van der Waals surface area contributed by atoms with E-state index in [0.717, 1.165) is 82.0 Å². The van der Waals surface area contributed by atoms with Crippen LogP contribution in [0, 0.1) is 5.92 Å². The molecule has 0 bridgehead atoms. The number of carbonyl (C=O) groups is 2. The molecule has 2 aromatic carbocycles. The lowest BCUT2D eigenvalue weighted by molar-refractivity contribution is -0.135. The Bertz CT molecular complexity index is 1890. The zero-order chi connectivity index (χ0) is 32.5. The fourth-order valence-electron chi connectivity index (χ4n) is 6.71. The van der Waals surface area contributed by atoms with Crippen LogP contribution >= 0.6 is 0 Å². The molecule has 0 saturated carbocycles. The average Bonchev–Trinajstić information content (AvgIpc) is 3.93. The van der Waals surface area contributed by atoms with Crippen LogP contribution in [0.25, 0.3) is 44.5 Å². The predicted molar refractivity (Wildman–Crippen MR) is 180 cm³/mol. The van der Waals surface area contributed by atoms with Gasteiger partial charge >= 0.3 is 6.09 Å². The summed E-state index contributed by atoms with van der Waals surface area (Å²) in [7, 11) is 1.30. The Balaban J connectivity index is 1.05. The summed E-state index contributed by atoms with van der Waals surface area (Å²) < 4.78 is 4.75. The van der Waals surface area contributed by atoms with Crippen molar-refractivity contribution in [1.82, 2.24) is 40.5 Å². The van der Waals surface area contributed by atoms with Crippen molar-refractivity contribution < 1.29 is 14.3 Å². The van der Waals surface area contributed by atoms with Gasteiger partial charge in [-0.15, -0.1) is 0 Å². The summed E-state index contributed by atoms with van der Waals surface area (Å²) in [4.78, 5) is 48.2. The second-order valence-electron chi connectivity index (χ2n) is 12.8. The number of benzene rings is 2. The minimum atomic E-state index is -0.666. The molecule has 47 heavy (non-hydrogen) atoms. The topological polar surface area (TPSA) is 141 Å². The summed E-state index contributed by atoms with van der Waals surface area (Å²) in [5.74, 6) is 1.53. The van der Waals surface area contributed by atoms with E-state index in [1.54, 1.807) is 0 Å². The number of aromatic amines is 2. The lowest BCUT2D eigenvalue weighted by Crippen LogP contribution is -2.51.